The van der Waals surface area contributed by atoms with E-state index < -0.39 is 10.0 Å². The van der Waals surface area contributed by atoms with Gasteiger partial charge in [0, 0.05) is 18.4 Å². The highest BCUT2D eigenvalue weighted by Crippen LogP contribution is 2.34. The van der Waals surface area contributed by atoms with Crippen LogP contribution in [0.2, 0.25) is 0 Å². The molecule has 1 aliphatic rings. The number of nitrogens with zero attached hydrogens (tertiary/aromatic N) is 3. The Bertz CT molecular complexity index is 781. The summed E-state index contributed by atoms with van der Waals surface area (Å²) in [4.78, 5) is 10.1. The maximum atomic E-state index is 11.4. The zero-order valence-corrected chi connectivity index (χ0v) is 12.6. The molecule has 1 aromatic heterocycles. The number of primary sulfonamides is 1. The summed E-state index contributed by atoms with van der Waals surface area (Å²) >= 11 is 0. The highest BCUT2D eigenvalue weighted by molar-refractivity contribution is 7.89. The van der Waals surface area contributed by atoms with Crippen molar-refractivity contribution in [3.05, 3.63) is 36.0 Å². The Labute approximate surface area is 128 Å². The first-order valence-electron chi connectivity index (χ1n) is 5.97. The van der Waals surface area contributed by atoms with Gasteiger partial charge >= 0.3 is 0 Å². The molecule has 0 atom stereocenters. The van der Waals surface area contributed by atoms with E-state index in [0.29, 0.717) is 12.4 Å². The lowest BCUT2D eigenvalue weighted by molar-refractivity contribution is 0.597. The van der Waals surface area contributed by atoms with Crippen LogP contribution in [0.25, 0.3) is 0 Å². The highest BCUT2D eigenvalue weighted by atomic mass is 35.5. The predicted octanol–water partition coefficient (Wildman–Crippen LogP) is 0.822. The first-order chi connectivity index (χ1) is 9.45. The minimum atomic E-state index is -3.68. The molecule has 7 nitrogen and oxygen atoms in total. The Hall–Kier alpha value is -1.90. The minimum absolute atomic E-state index is 0. The van der Waals surface area contributed by atoms with E-state index in [1.165, 1.54) is 6.07 Å². The number of hydrogen-bond donors (Lipinski definition) is 2. The number of halogens is 1. The van der Waals surface area contributed by atoms with Crippen LogP contribution < -0.4 is 15.8 Å². The van der Waals surface area contributed by atoms with Gasteiger partial charge in [0.05, 0.1) is 4.90 Å². The lowest BCUT2D eigenvalue weighted by atomic mass is 10.2. The predicted molar refractivity (Wildman–Crippen MR) is 82.2 cm³/mol. The topological polar surface area (TPSA) is 115 Å². The number of nitrogen functional groups attached to an aromatic ring is 1. The molecule has 4 N–H and O–H groups in total. The standard InChI is InChI=1S/C12H13N5O2S.ClH/c13-12-15-5-3-11(16-12)17-6-4-8-7-9(20(14,18)19)1-2-10(8)17;/h1-3,5,7H,4,6H2,(H2,13,15,16)(H2,14,18,19);1H. The van der Waals surface area contributed by atoms with Crippen molar-refractivity contribution in [2.24, 2.45) is 5.14 Å². The summed E-state index contributed by atoms with van der Waals surface area (Å²) in [6.07, 6.45) is 2.32. The van der Waals surface area contributed by atoms with Crippen LogP contribution in [0.15, 0.2) is 35.4 Å². The van der Waals surface area contributed by atoms with Crippen molar-refractivity contribution in [2.75, 3.05) is 17.2 Å². The van der Waals surface area contributed by atoms with Gasteiger partial charge in [-0.15, -0.1) is 12.4 Å². The molecule has 0 spiro atoms. The summed E-state index contributed by atoms with van der Waals surface area (Å²) in [5.41, 5.74) is 7.42. The van der Waals surface area contributed by atoms with Crippen LogP contribution in [-0.2, 0) is 16.4 Å². The Balaban J connectivity index is 0.00000161. The van der Waals surface area contributed by atoms with Crippen molar-refractivity contribution in [1.29, 1.82) is 0 Å². The van der Waals surface area contributed by atoms with Gasteiger partial charge in [0.15, 0.2) is 0 Å². The van der Waals surface area contributed by atoms with Crippen LogP contribution in [-0.4, -0.2) is 24.9 Å². The lowest BCUT2D eigenvalue weighted by Gasteiger charge is -2.18. The molecule has 1 aliphatic heterocycles. The normalized spacial score (nSPS) is 13.7. The first kappa shape index (κ1) is 15.5. The van der Waals surface area contributed by atoms with E-state index in [4.69, 9.17) is 10.9 Å². The molecular weight excluding hydrogens is 314 g/mol. The van der Waals surface area contributed by atoms with Gasteiger partial charge in [-0.2, -0.15) is 4.98 Å². The van der Waals surface area contributed by atoms with Crippen LogP contribution in [0.5, 0.6) is 0 Å². The molecule has 0 aliphatic carbocycles. The number of nitrogens with two attached hydrogens (primary N) is 2. The van der Waals surface area contributed by atoms with Crippen molar-refractivity contribution in [2.45, 2.75) is 11.3 Å². The average molecular weight is 328 g/mol. The number of hydrogen-bond acceptors (Lipinski definition) is 6. The molecule has 0 saturated carbocycles. The van der Waals surface area contributed by atoms with E-state index >= 15 is 0 Å². The van der Waals surface area contributed by atoms with E-state index in [1.807, 2.05) is 4.90 Å². The summed E-state index contributed by atoms with van der Waals surface area (Å²) in [5, 5.41) is 5.14. The van der Waals surface area contributed by atoms with E-state index in [9.17, 15) is 8.42 Å². The second-order valence-corrected chi connectivity index (χ2v) is 6.07. The van der Waals surface area contributed by atoms with Gasteiger partial charge in [0.25, 0.3) is 0 Å². The molecule has 0 radical (unpaired) electrons. The van der Waals surface area contributed by atoms with Gasteiger partial charge < -0.3 is 10.6 Å². The number of benzene rings is 1. The number of sulfonamides is 1. The van der Waals surface area contributed by atoms with Crippen molar-refractivity contribution < 1.29 is 8.42 Å². The Morgan fingerprint density at radius 2 is 2.00 bits per heavy atom. The molecule has 0 fully saturated rings. The molecule has 9 heteroatoms. The smallest absolute Gasteiger partial charge is 0.238 e. The average Bonchev–Trinajstić information content (AvgIpc) is 2.80. The zero-order valence-electron chi connectivity index (χ0n) is 10.9. The summed E-state index contributed by atoms with van der Waals surface area (Å²) < 4.78 is 22.7. The molecular formula is C12H14ClN5O2S. The Kier molecular flexibility index (Phi) is 4.04. The zero-order chi connectivity index (χ0) is 14.3. The molecule has 1 aromatic carbocycles. The van der Waals surface area contributed by atoms with Gasteiger partial charge in [-0.3, -0.25) is 0 Å². The molecule has 112 valence electrons. The molecule has 21 heavy (non-hydrogen) atoms. The number of anilines is 3. The molecule has 0 amide bonds. The molecule has 0 saturated heterocycles. The summed E-state index contributed by atoms with van der Waals surface area (Å²) in [5.74, 6) is 0.900. The third-order valence-corrected chi connectivity index (χ3v) is 4.12. The van der Waals surface area contributed by atoms with E-state index in [-0.39, 0.29) is 23.3 Å². The fourth-order valence-electron chi connectivity index (χ4n) is 2.31. The quantitative estimate of drug-likeness (QED) is 0.843. The second-order valence-electron chi connectivity index (χ2n) is 4.51. The van der Waals surface area contributed by atoms with E-state index in [2.05, 4.69) is 9.97 Å². The summed E-state index contributed by atoms with van der Waals surface area (Å²) in [7, 11) is -3.68. The fourth-order valence-corrected chi connectivity index (χ4v) is 2.87. The largest absolute Gasteiger partial charge is 0.368 e. The van der Waals surface area contributed by atoms with Gasteiger partial charge in [-0.1, -0.05) is 0 Å². The van der Waals surface area contributed by atoms with Crippen LogP contribution in [0.1, 0.15) is 5.56 Å². The number of rotatable bonds is 2. The van der Waals surface area contributed by atoms with E-state index in [1.54, 1.807) is 24.4 Å². The van der Waals surface area contributed by atoms with Gasteiger partial charge in [-0.05, 0) is 36.2 Å². The summed E-state index contributed by atoms with van der Waals surface area (Å²) in [6.45, 7) is 0.708. The number of fused-ring (bicyclic) bond motifs is 1. The first-order valence-corrected chi connectivity index (χ1v) is 7.51. The van der Waals surface area contributed by atoms with Crippen molar-refractivity contribution in [3.8, 4) is 0 Å². The SMILES string of the molecule is Cl.Nc1nccc(N2CCc3cc(S(N)(=O)=O)ccc32)n1. The Morgan fingerprint density at radius 1 is 1.24 bits per heavy atom. The third-order valence-electron chi connectivity index (χ3n) is 3.21. The third kappa shape index (κ3) is 2.92. The summed E-state index contributed by atoms with van der Waals surface area (Å²) in [6, 6.07) is 6.60. The Morgan fingerprint density at radius 3 is 2.67 bits per heavy atom. The maximum Gasteiger partial charge on any atom is 0.238 e. The van der Waals surface area contributed by atoms with Gasteiger partial charge in [0.2, 0.25) is 16.0 Å². The molecule has 0 bridgehead atoms. The molecule has 2 heterocycles. The monoisotopic (exact) mass is 327 g/mol. The maximum absolute atomic E-state index is 11.4. The molecule has 0 unspecified atom stereocenters. The highest BCUT2D eigenvalue weighted by Gasteiger charge is 2.23. The van der Waals surface area contributed by atoms with Gasteiger partial charge in [0.1, 0.15) is 5.82 Å². The van der Waals surface area contributed by atoms with Crippen LogP contribution in [0, 0.1) is 0 Å². The van der Waals surface area contributed by atoms with Crippen LogP contribution in [0.3, 0.4) is 0 Å². The fraction of sp³-hybridized carbons (Fsp3) is 0.167. The minimum Gasteiger partial charge on any atom is -0.368 e. The van der Waals surface area contributed by atoms with Crippen LogP contribution >= 0.6 is 12.4 Å². The van der Waals surface area contributed by atoms with Crippen molar-refractivity contribution in [3.63, 3.8) is 0 Å². The molecule has 3 rings (SSSR count). The molecule has 2 aromatic rings. The van der Waals surface area contributed by atoms with Crippen molar-refractivity contribution >= 4 is 39.9 Å². The lowest BCUT2D eigenvalue weighted by Crippen LogP contribution is -2.16. The number of aromatic nitrogens is 2. The van der Waals surface area contributed by atoms with Gasteiger partial charge in [-0.25, -0.2) is 18.5 Å². The van der Waals surface area contributed by atoms with E-state index in [0.717, 1.165) is 17.7 Å². The van der Waals surface area contributed by atoms with Crippen LogP contribution in [0.4, 0.5) is 17.5 Å². The van der Waals surface area contributed by atoms with Crippen molar-refractivity contribution in [1.82, 2.24) is 9.97 Å². The second kappa shape index (κ2) is 5.47.